The third kappa shape index (κ3) is 3.11. The fraction of sp³-hybridized carbons (Fsp3) is 0.133. The summed E-state index contributed by atoms with van der Waals surface area (Å²) >= 11 is 3.38. The Hall–Kier alpha value is -2.01. The van der Waals surface area contributed by atoms with Gasteiger partial charge in [-0.15, -0.1) is 0 Å². The quantitative estimate of drug-likeness (QED) is 0.659. The molecule has 0 aliphatic carbocycles. The molecular formula is C15H15BrN2O2. The Balaban J connectivity index is 2.31. The molecule has 0 spiro atoms. The number of nitrogens with two attached hydrogens (primary N) is 1. The van der Waals surface area contributed by atoms with E-state index in [-0.39, 0.29) is 5.84 Å². The zero-order valence-electron chi connectivity index (χ0n) is 11.2. The normalized spacial score (nSPS) is 10.2. The molecule has 5 heteroatoms. The van der Waals surface area contributed by atoms with Gasteiger partial charge in [-0.1, -0.05) is 6.07 Å². The number of hydrogen-bond donors (Lipinski definition) is 2. The third-order valence-corrected chi connectivity index (χ3v) is 3.43. The van der Waals surface area contributed by atoms with Crippen molar-refractivity contribution in [2.75, 3.05) is 7.11 Å². The molecule has 104 valence electrons. The van der Waals surface area contributed by atoms with E-state index in [0.29, 0.717) is 27.3 Å². The highest BCUT2D eigenvalue weighted by atomic mass is 79.9. The summed E-state index contributed by atoms with van der Waals surface area (Å²) in [5.41, 5.74) is 7.20. The van der Waals surface area contributed by atoms with Gasteiger partial charge in [-0.2, -0.15) is 0 Å². The number of halogens is 1. The molecule has 0 aliphatic heterocycles. The first-order valence-corrected chi connectivity index (χ1v) is 6.77. The smallest absolute Gasteiger partial charge is 0.169 e. The van der Waals surface area contributed by atoms with Crippen LogP contribution in [0.5, 0.6) is 17.2 Å². The van der Waals surface area contributed by atoms with Crippen molar-refractivity contribution in [3.8, 4) is 17.2 Å². The SMILES string of the molecule is COc1cc(C)ccc1Oc1ccc(C(=N)N)c(Br)c1. The molecule has 3 N–H and O–H groups in total. The average Bonchev–Trinajstić information content (AvgIpc) is 2.40. The summed E-state index contributed by atoms with van der Waals surface area (Å²) in [6.07, 6.45) is 0. The van der Waals surface area contributed by atoms with E-state index in [2.05, 4.69) is 15.9 Å². The lowest BCUT2D eigenvalue weighted by Crippen LogP contribution is -2.11. The van der Waals surface area contributed by atoms with Crippen molar-refractivity contribution in [3.63, 3.8) is 0 Å². The van der Waals surface area contributed by atoms with E-state index in [4.69, 9.17) is 20.6 Å². The molecular weight excluding hydrogens is 320 g/mol. The Morgan fingerprint density at radius 3 is 2.50 bits per heavy atom. The highest BCUT2D eigenvalue weighted by Crippen LogP contribution is 2.33. The number of nitrogens with one attached hydrogen (secondary N) is 1. The summed E-state index contributed by atoms with van der Waals surface area (Å²) in [5.74, 6) is 1.97. The maximum atomic E-state index is 7.44. The van der Waals surface area contributed by atoms with Crippen LogP contribution in [-0.2, 0) is 0 Å². The molecule has 0 radical (unpaired) electrons. The van der Waals surface area contributed by atoms with Crippen LogP contribution in [0.3, 0.4) is 0 Å². The van der Waals surface area contributed by atoms with Gasteiger partial charge in [0, 0.05) is 10.0 Å². The largest absolute Gasteiger partial charge is 0.493 e. The first-order chi connectivity index (χ1) is 9.51. The van der Waals surface area contributed by atoms with E-state index in [1.165, 1.54) is 0 Å². The highest BCUT2D eigenvalue weighted by molar-refractivity contribution is 9.10. The average molecular weight is 335 g/mol. The topological polar surface area (TPSA) is 68.3 Å². The van der Waals surface area contributed by atoms with Gasteiger partial charge < -0.3 is 15.2 Å². The lowest BCUT2D eigenvalue weighted by atomic mass is 10.2. The second kappa shape index (κ2) is 5.96. The second-order valence-electron chi connectivity index (χ2n) is 4.31. The number of benzene rings is 2. The van der Waals surface area contributed by atoms with Crippen LogP contribution in [0.15, 0.2) is 40.9 Å². The van der Waals surface area contributed by atoms with Crippen molar-refractivity contribution in [2.45, 2.75) is 6.92 Å². The maximum Gasteiger partial charge on any atom is 0.169 e. The van der Waals surface area contributed by atoms with Gasteiger partial charge >= 0.3 is 0 Å². The molecule has 4 nitrogen and oxygen atoms in total. The number of methoxy groups -OCH3 is 1. The molecule has 2 aromatic rings. The van der Waals surface area contributed by atoms with Crippen molar-refractivity contribution in [2.24, 2.45) is 5.73 Å². The minimum absolute atomic E-state index is 0.0105. The molecule has 0 aromatic heterocycles. The fourth-order valence-electron chi connectivity index (χ4n) is 1.76. The lowest BCUT2D eigenvalue weighted by molar-refractivity contribution is 0.378. The molecule has 0 atom stereocenters. The van der Waals surface area contributed by atoms with Gasteiger partial charge in [0.2, 0.25) is 0 Å². The highest BCUT2D eigenvalue weighted by Gasteiger charge is 2.08. The maximum absolute atomic E-state index is 7.44. The Kier molecular flexibility index (Phi) is 4.29. The van der Waals surface area contributed by atoms with Crippen molar-refractivity contribution >= 4 is 21.8 Å². The van der Waals surface area contributed by atoms with Crippen LogP contribution in [-0.4, -0.2) is 12.9 Å². The van der Waals surface area contributed by atoms with Crippen LogP contribution in [0.25, 0.3) is 0 Å². The lowest BCUT2D eigenvalue weighted by Gasteiger charge is -2.12. The summed E-state index contributed by atoms with van der Waals surface area (Å²) < 4.78 is 11.8. The minimum Gasteiger partial charge on any atom is -0.493 e. The van der Waals surface area contributed by atoms with Gasteiger partial charge in [0.25, 0.3) is 0 Å². The fourth-order valence-corrected chi connectivity index (χ4v) is 2.34. The van der Waals surface area contributed by atoms with Gasteiger partial charge in [0.15, 0.2) is 11.5 Å². The van der Waals surface area contributed by atoms with Gasteiger partial charge in [0.05, 0.1) is 7.11 Å². The number of ether oxygens (including phenoxy) is 2. The summed E-state index contributed by atoms with van der Waals surface area (Å²) in [5, 5.41) is 7.44. The number of rotatable bonds is 4. The predicted molar refractivity (Wildman–Crippen MR) is 83.0 cm³/mol. The number of nitrogen functional groups attached to an aromatic ring is 1. The Labute approximate surface area is 126 Å². The van der Waals surface area contributed by atoms with E-state index >= 15 is 0 Å². The van der Waals surface area contributed by atoms with Crippen molar-refractivity contribution in [3.05, 3.63) is 52.0 Å². The third-order valence-electron chi connectivity index (χ3n) is 2.78. The summed E-state index contributed by atoms with van der Waals surface area (Å²) in [6, 6.07) is 11.0. The van der Waals surface area contributed by atoms with Gasteiger partial charge in [-0.3, -0.25) is 5.41 Å². The van der Waals surface area contributed by atoms with Gasteiger partial charge in [-0.25, -0.2) is 0 Å². The molecule has 0 bridgehead atoms. The summed E-state index contributed by atoms with van der Waals surface area (Å²) in [7, 11) is 1.61. The van der Waals surface area contributed by atoms with Crippen LogP contribution in [0.1, 0.15) is 11.1 Å². The number of amidine groups is 1. The van der Waals surface area contributed by atoms with Crippen LogP contribution in [0.2, 0.25) is 0 Å². The predicted octanol–water partition coefficient (Wildman–Crippen LogP) is 3.84. The monoisotopic (exact) mass is 334 g/mol. The second-order valence-corrected chi connectivity index (χ2v) is 5.17. The zero-order valence-corrected chi connectivity index (χ0v) is 12.8. The van der Waals surface area contributed by atoms with E-state index < -0.39 is 0 Å². The van der Waals surface area contributed by atoms with E-state index in [1.807, 2.05) is 25.1 Å². The van der Waals surface area contributed by atoms with Crippen molar-refractivity contribution in [1.82, 2.24) is 0 Å². The van der Waals surface area contributed by atoms with Crippen LogP contribution < -0.4 is 15.2 Å². The summed E-state index contributed by atoms with van der Waals surface area (Å²) in [6.45, 7) is 1.99. The molecule has 0 unspecified atom stereocenters. The summed E-state index contributed by atoms with van der Waals surface area (Å²) in [4.78, 5) is 0. The van der Waals surface area contributed by atoms with Crippen LogP contribution >= 0.6 is 15.9 Å². The van der Waals surface area contributed by atoms with Crippen LogP contribution in [0.4, 0.5) is 0 Å². The molecule has 0 saturated heterocycles. The Morgan fingerprint density at radius 2 is 1.90 bits per heavy atom. The molecule has 0 amide bonds. The minimum atomic E-state index is 0.0105. The zero-order chi connectivity index (χ0) is 14.7. The first kappa shape index (κ1) is 14.4. The van der Waals surface area contributed by atoms with Gasteiger partial charge in [-0.05, 0) is 58.7 Å². The van der Waals surface area contributed by atoms with E-state index in [0.717, 1.165) is 5.56 Å². The van der Waals surface area contributed by atoms with Gasteiger partial charge in [0.1, 0.15) is 11.6 Å². The molecule has 0 heterocycles. The van der Waals surface area contributed by atoms with Crippen molar-refractivity contribution in [1.29, 1.82) is 5.41 Å². The molecule has 20 heavy (non-hydrogen) atoms. The molecule has 0 fully saturated rings. The number of aryl methyl sites for hydroxylation is 1. The van der Waals surface area contributed by atoms with E-state index in [9.17, 15) is 0 Å². The first-order valence-electron chi connectivity index (χ1n) is 5.97. The van der Waals surface area contributed by atoms with Crippen molar-refractivity contribution < 1.29 is 9.47 Å². The Morgan fingerprint density at radius 1 is 1.15 bits per heavy atom. The van der Waals surface area contributed by atoms with Crippen LogP contribution in [0, 0.1) is 12.3 Å². The standard InChI is InChI=1S/C15H15BrN2O2/c1-9-3-6-13(14(7-9)19-2)20-10-4-5-11(15(17)18)12(16)8-10/h3-8H,1-2H3,(H3,17,18). The Bertz CT molecular complexity index is 656. The number of hydrogen-bond acceptors (Lipinski definition) is 3. The van der Waals surface area contributed by atoms with E-state index in [1.54, 1.807) is 25.3 Å². The molecule has 2 rings (SSSR count). The molecule has 0 saturated carbocycles. The molecule has 0 aliphatic rings. The molecule has 2 aromatic carbocycles.